The van der Waals surface area contributed by atoms with Crippen LogP contribution in [0.2, 0.25) is 0 Å². The molecule has 2 aromatic heterocycles. The number of amides is 1. The van der Waals surface area contributed by atoms with Gasteiger partial charge in [0.05, 0.1) is 22.1 Å². The summed E-state index contributed by atoms with van der Waals surface area (Å²) in [6, 6.07) is 20.8. The minimum absolute atomic E-state index is 0.117. The van der Waals surface area contributed by atoms with Crippen LogP contribution >= 0.6 is 11.3 Å². The molecule has 3 aromatic carbocycles. The molecule has 158 valence electrons. The van der Waals surface area contributed by atoms with E-state index in [0.717, 1.165) is 20.8 Å². The summed E-state index contributed by atoms with van der Waals surface area (Å²) in [6.45, 7) is 2.23. The van der Waals surface area contributed by atoms with Gasteiger partial charge in [0.25, 0.3) is 5.56 Å². The van der Waals surface area contributed by atoms with Crippen molar-refractivity contribution in [1.82, 2.24) is 20.0 Å². The maximum absolute atomic E-state index is 12.5. The van der Waals surface area contributed by atoms with E-state index in [1.165, 1.54) is 10.2 Å². The van der Waals surface area contributed by atoms with E-state index in [9.17, 15) is 9.59 Å². The van der Waals surface area contributed by atoms with Gasteiger partial charge in [0.1, 0.15) is 10.5 Å². The minimum Gasteiger partial charge on any atom is -0.326 e. The number of aromatic nitrogens is 4. The molecule has 2 heterocycles. The normalized spacial score (nSPS) is 11.2. The van der Waals surface area contributed by atoms with Crippen molar-refractivity contribution in [2.75, 3.05) is 5.32 Å². The predicted molar refractivity (Wildman–Crippen MR) is 127 cm³/mol. The second kappa shape index (κ2) is 8.32. The fourth-order valence-electron chi connectivity index (χ4n) is 3.45. The largest absolute Gasteiger partial charge is 0.326 e. The monoisotopic (exact) mass is 441 g/mol. The number of benzene rings is 3. The lowest BCUT2D eigenvalue weighted by Crippen LogP contribution is -2.26. The fraction of sp³-hybridized carbons (Fsp3) is 0.125. The Morgan fingerprint density at radius 2 is 1.84 bits per heavy atom. The molecule has 0 unspecified atom stereocenters. The summed E-state index contributed by atoms with van der Waals surface area (Å²) >= 11 is 1.65. The number of fused-ring (bicyclic) bond motifs is 2. The first-order valence-electron chi connectivity index (χ1n) is 10.2. The summed E-state index contributed by atoms with van der Waals surface area (Å²) in [4.78, 5) is 29.6. The number of aryl methyl sites for hydroxylation is 2. The van der Waals surface area contributed by atoms with E-state index in [1.54, 1.807) is 35.6 Å². The van der Waals surface area contributed by atoms with E-state index in [2.05, 4.69) is 34.7 Å². The average molecular weight is 442 g/mol. The highest BCUT2D eigenvalue weighted by Gasteiger charge is 2.10. The van der Waals surface area contributed by atoms with Crippen molar-refractivity contribution in [3.63, 3.8) is 0 Å². The van der Waals surface area contributed by atoms with Gasteiger partial charge in [-0.05, 0) is 61.0 Å². The second-order valence-electron chi connectivity index (χ2n) is 7.50. The standard InChI is InChI=1S/C24H19N5O2S/c1-15-6-11-20-21(14-15)32-23(26-20)16-7-9-17(10-8-16)25-22(30)12-13-29-24(31)18-4-2-3-5-19(18)27-28-29/h2-11,14H,12-13H2,1H3,(H,25,30). The molecule has 0 saturated heterocycles. The van der Waals surface area contributed by atoms with Gasteiger partial charge in [0, 0.05) is 17.7 Å². The fourth-order valence-corrected chi connectivity index (χ4v) is 4.52. The molecule has 0 spiro atoms. The molecule has 0 bridgehead atoms. The summed E-state index contributed by atoms with van der Waals surface area (Å²) in [7, 11) is 0. The number of nitrogens with one attached hydrogen (secondary N) is 1. The molecular weight excluding hydrogens is 422 g/mol. The Hall–Kier alpha value is -3.91. The molecule has 0 fully saturated rings. The number of thiazole rings is 1. The Bertz CT molecular complexity index is 1500. The lowest BCUT2D eigenvalue weighted by molar-refractivity contribution is -0.116. The zero-order chi connectivity index (χ0) is 22.1. The van der Waals surface area contributed by atoms with E-state index in [1.807, 2.05) is 30.3 Å². The SMILES string of the molecule is Cc1ccc2nc(-c3ccc(NC(=O)CCn4nnc5ccccc5c4=O)cc3)sc2c1. The van der Waals surface area contributed by atoms with Crippen molar-refractivity contribution in [2.24, 2.45) is 0 Å². The van der Waals surface area contributed by atoms with Gasteiger partial charge in [-0.25, -0.2) is 9.67 Å². The maximum Gasteiger partial charge on any atom is 0.277 e. The topological polar surface area (TPSA) is 89.8 Å². The van der Waals surface area contributed by atoms with E-state index >= 15 is 0 Å². The number of nitrogens with zero attached hydrogens (tertiary/aromatic N) is 4. The van der Waals surface area contributed by atoms with E-state index in [0.29, 0.717) is 16.6 Å². The molecule has 5 aromatic rings. The van der Waals surface area contributed by atoms with Crippen LogP contribution < -0.4 is 10.9 Å². The Morgan fingerprint density at radius 3 is 2.69 bits per heavy atom. The van der Waals surface area contributed by atoms with Crippen molar-refractivity contribution in [2.45, 2.75) is 19.9 Å². The molecule has 0 aliphatic heterocycles. The Morgan fingerprint density at radius 1 is 1.03 bits per heavy atom. The van der Waals surface area contributed by atoms with E-state index < -0.39 is 0 Å². The average Bonchev–Trinajstić information content (AvgIpc) is 3.22. The molecule has 0 aliphatic carbocycles. The van der Waals surface area contributed by atoms with Crippen molar-refractivity contribution in [3.8, 4) is 10.6 Å². The third-order valence-electron chi connectivity index (χ3n) is 5.14. The molecule has 8 heteroatoms. The Balaban J connectivity index is 1.25. The third kappa shape index (κ3) is 4.00. The van der Waals surface area contributed by atoms with Gasteiger partial charge in [0.2, 0.25) is 5.91 Å². The highest BCUT2D eigenvalue weighted by Crippen LogP contribution is 2.31. The summed E-state index contributed by atoms with van der Waals surface area (Å²) in [6.07, 6.45) is 0.117. The van der Waals surface area contributed by atoms with Crippen LogP contribution in [0.1, 0.15) is 12.0 Å². The first-order chi connectivity index (χ1) is 15.6. The number of hydrogen-bond acceptors (Lipinski definition) is 6. The molecule has 32 heavy (non-hydrogen) atoms. The van der Waals surface area contributed by atoms with Crippen LogP contribution in [0.25, 0.3) is 31.7 Å². The third-order valence-corrected chi connectivity index (χ3v) is 6.21. The molecule has 0 atom stereocenters. The minimum atomic E-state index is -0.251. The molecule has 1 N–H and O–H groups in total. The van der Waals surface area contributed by atoms with Gasteiger partial charge in [0.15, 0.2) is 0 Å². The summed E-state index contributed by atoms with van der Waals surface area (Å²) in [5, 5.41) is 12.3. The molecule has 0 radical (unpaired) electrons. The van der Waals surface area contributed by atoms with Crippen LogP contribution in [-0.4, -0.2) is 25.9 Å². The van der Waals surface area contributed by atoms with E-state index in [4.69, 9.17) is 4.98 Å². The van der Waals surface area contributed by atoms with Gasteiger partial charge < -0.3 is 5.32 Å². The van der Waals surface area contributed by atoms with Crippen LogP contribution in [0.4, 0.5) is 5.69 Å². The van der Waals surface area contributed by atoms with Gasteiger partial charge in [-0.1, -0.05) is 23.4 Å². The van der Waals surface area contributed by atoms with Crippen molar-refractivity contribution in [1.29, 1.82) is 0 Å². The number of carbonyl (C=O) groups is 1. The summed E-state index contributed by atoms with van der Waals surface area (Å²) in [5.41, 5.74) is 4.18. The van der Waals surface area contributed by atoms with Crippen molar-refractivity contribution < 1.29 is 4.79 Å². The van der Waals surface area contributed by atoms with Gasteiger partial charge >= 0.3 is 0 Å². The zero-order valence-corrected chi connectivity index (χ0v) is 18.1. The second-order valence-corrected chi connectivity index (χ2v) is 8.53. The van der Waals surface area contributed by atoms with Crippen LogP contribution in [0.5, 0.6) is 0 Å². The molecule has 5 rings (SSSR count). The highest BCUT2D eigenvalue weighted by molar-refractivity contribution is 7.21. The van der Waals surface area contributed by atoms with E-state index in [-0.39, 0.29) is 24.4 Å². The molecule has 0 aliphatic rings. The van der Waals surface area contributed by atoms with Crippen LogP contribution in [-0.2, 0) is 11.3 Å². The first kappa shape index (κ1) is 20.0. The van der Waals surface area contributed by atoms with Crippen LogP contribution in [0.15, 0.2) is 71.5 Å². The van der Waals surface area contributed by atoms with Gasteiger partial charge in [-0.3, -0.25) is 9.59 Å². The first-order valence-corrected chi connectivity index (χ1v) is 11.0. The molecule has 0 saturated carbocycles. The number of carbonyl (C=O) groups excluding carboxylic acids is 1. The molecule has 7 nitrogen and oxygen atoms in total. The quantitative estimate of drug-likeness (QED) is 0.436. The zero-order valence-electron chi connectivity index (χ0n) is 17.3. The predicted octanol–water partition coefficient (Wildman–Crippen LogP) is 4.41. The highest BCUT2D eigenvalue weighted by atomic mass is 32.1. The van der Waals surface area contributed by atoms with Crippen molar-refractivity contribution in [3.05, 3.63) is 82.6 Å². The van der Waals surface area contributed by atoms with Crippen LogP contribution in [0, 0.1) is 6.92 Å². The van der Waals surface area contributed by atoms with Gasteiger partial charge in [-0.15, -0.1) is 16.4 Å². The number of rotatable bonds is 5. The Labute approximate surface area is 187 Å². The lowest BCUT2D eigenvalue weighted by atomic mass is 10.2. The number of hydrogen-bond donors (Lipinski definition) is 1. The summed E-state index contributed by atoms with van der Waals surface area (Å²) in [5.74, 6) is -0.199. The molecule has 1 amide bonds. The van der Waals surface area contributed by atoms with Crippen molar-refractivity contribution >= 4 is 44.1 Å². The smallest absolute Gasteiger partial charge is 0.277 e. The number of anilines is 1. The Kier molecular flexibility index (Phi) is 5.20. The summed E-state index contributed by atoms with van der Waals surface area (Å²) < 4.78 is 2.38. The molecular formula is C24H19N5O2S. The van der Waals surface area contributed by atoms with Gasteiger partial charge in [-0.2, -0.15) is 0 Å². The van der Waals surface area contributed by atoms with Crippen LogP contribution in [0.3, 0.4) is 0 Å². The lowest BCUT2D eigenvalue weighted by Gasteiger charge is -2.07. The maximum atomic E-state index is 12.5.